The van der Waals surface area contributed by atoms with E-state index in [0.717, 1.165) is 18.9 Å². The molecule has 1 fully saturated rings. The number of aryl methyl sites for hydroxylation is 1. The fraction of sp³-hybridized carbons (Fsp3) is 0.238. The van der Waals surface area contributed by atoms with Crippen LogP contribution in [0.15, 0.2) is 47.1 Å². The van der Waals surface area contributed by atoms with Crippen LogP contribution < -0.4 is 10.2 Å². The number of carbonyl (C=O) groups is 1. The molecule has 0 bridgehead atoms. The zero-order valence-corrected chi connectivity index (χ0v) is 19.0. The van der Waals surface area contributed by atoms with Crippen molar-refractivity contribution < 1.29 is 9.32 Å². The van der Waals surface area contributed by atoms with Crippen LogP contribution in [0.1, 0.15) is 16.1 Å². The Labute approximate surface area is 194 Å². The highest BCUT2D eigenvalue weighted by molar-refractivity contribution is 7.80. The summed E-state index contributed by atoms with van der Waals surface area (Å²) < 4.78 is 5.27. The molecule has 1 N–H and O–H groups in total. The lowest BCUT2D eigenvalue weighted by Gasteiger charge is -2.36. The minimum absolute atomic E-state index is 0.254. The molecule has 0 saturated carbocycles. The number of rotatable bonds is 3. The number of nitrogens with one attached hydrogen (secondary N) is 1. The lowest BCUT2D eigenvalue weighted by atomic mass is 10.1. The van der Waals surface area contributed by atoms with Crippen LogP contribution in [0.5, 0.6) is 0 Å². The lowest BCUT2D eigenvalue weighted by molar-refractivity contribution is 0.0972. The Morgan fingerprint density at radius 3 is 2.45 bits per heavy atom. The molecule has 1 aliphatic heterocycles. The number of piperazine rings is 1. The van der Waals surface area contributed by atoms with Crippen LogP contribution in [-0.2, 0) is 0 Å². The zero-order valence-electron chi connectivity index (χ0n) is 16.6. The van der Waals surface area contributed by atoms with Crippen LogP contribution in [0, 0.1) is 6.92 Å². The average Bonchev–Trinajstić information content (AvgIpc) is 3.15. The molecule has 0 spiro atoms. The fourth-order valence-electron chi connectivity index (χ4n) is 3.45. The highest BCUT2D eigenvalue weighted by Crippen LogP contribution is 2.36. The number of aromatic nitrogens is 2. The van der Waals surface area contributed by atoms with Crippen molar-refractivity contribution in [3.8, 4) is 11.3 Å². The molecule has 3 heterocycles. The molecular formula is C21H19Cl2N5O2S. The summed E-state index contributed by atoms with van der Waals surface area (Å²) in [5.74, 6) is 0.867. The lowest BCUT2D eigenvalue weighted by Crippen LogP contribution is -2.53. The Hall–Kier alpha value is -2.68. The van der Waals surface area contributed by atoms with Gasteiger partial charge in [0.1, 0.15) is 22.8 Å². The van der Waals surface area contributed by atoms with Gasteiger partial charge in [-0.05, 0) is 43.4 Å². The maximum Gasteiger partial charge on any atom is 0.263 e. The van der Waals surface area contributed by atoms with E-state index in [0.29, 0.717) is 39.6 Å². The highest BCUT2D eigenvalue weighted by Gasteiger charge is 2.27. The largest absolute Gasteiger partial charge is 0.360 e. The van der Waals surface area contributed by atoms with Crippen LogP contribution in [0.3, 0.4) is 0 Å². The number of pyridine rings is 1. The molecule has 10 heteroatoms. The summed E-state index contributed by atoms with van der Waals surface area (Å²) in [7, 11) is 0. The Balaban J connectivity index is 1.46. The molecule has 31 heavy (non-hydrogen) atoms. The zero-order chi connectivity index (χ0) is 22.0. The van der Waals surface area contributed by atoms with Crippen molar-refractivity contribution in [2.75, 3.05) is 31.1 Å². The quantitative estimate of drug-likeness (QED) is 0.569. The van der Waals surface area contributed by atoms with Gasteiger partial charge in [-0.2, -0.15) is 0 Å². The van der Waals surface area contributed by atoms with Crippen molar-refractivity contribution in [1.82, 2.24) is 20.4 Å². The van der Waals surface area contributed by atoms with E-state index < -0.39 is 5.91 Å². The molecule has 1 saturated heterocycles. The summed E-state index contributed by atoms with van der Waals surface area (Å²) in [6.07, 6.45) is 1.77. The van der Waals surface area contributed by atoms with Gasteiger partial charge in [0, 0.05) is 37.9 Å². The number of thiocarbonyl (C=S) groups is 1. The van der Waals surface area contributed by atoms with E-state index in [1.807, 2.05) is 23.1 Å². The summed E-state index contributed by atoms with van der Waals surface area (Å²) >= 11 is 18.1. The van der Waals surface area contributed by atoms with Gasteiger partial charge in [-0.25, -0.2) is 4.98 Å². The van der Waals surface area contributed by atoms with Crippen molar-refractivity contribution in [3.05, 3.63) is 64.0 Å². The van der Waals surface area contributed by atoms with Crippen molar-refractivity contribution >= 4 is 52.3 Å². The minimum Gasteiger partial charge on any atom is -0.360 e. The molecule has 2 aromatic heterocycles. The molecule has 160 valence electrons. The van der Waals surface area contributed by atoms with Gasteiger partial charge < -0.3 is 14.3 Å². The van der Waals surface area contributed by atoms with E-state index >= 15 is 0 Å². The third-order valence-corrected chi connectivity index (χ3v) is 6.04. The maximum absolute atomic E-state index is 13.1. The van der Waals surface area contributed by atoms with Gasteiger partial charge >= 0.3 is 0 Å². The average molecular weight is 476 g/mol. The number of hydrogen-bond acceptors (Lipinski definition) is 6. The summed E-state index contributed by atoms with van der Waals surface area (Å²) in [5.41, 5.74) is 0.987. The SMILES string of the molecule is Cc1onc(-c2c(Cl)cccc2Cl)c1C(=O)NC(=S)N1CCN(c2ccccn2)CC1. The molecule has 0 radical (unpaired) electrons. The first-order chi connectivity index (χ1) is 15.0. The number of hydrogen-bond donors (Lipinski definition) is 1. The Kier molecular flexibility index (Phi) is 6.41. The Bertz CT molecular complexity index is 1090. The summed E-state index contributed by atoms with van der Waals surface area (Å²) in [5, 5.41) is 7.92. The molecule has 0 atom stereocenters. The molecule has 1 amide bonds. The third kappa shape index (κ3) is 4.51. The van der Waals surface area contributed by atoms with Gasteiger partial charge in [0.05, 0.1) is 10.0 Å². The van der Waals surface area contributed by atoms with Crippen molar-refractivity contribution in [2.45, 2.75) is 6.92 Å². The van der Waals surface area contributed by atoms with Crippen LogP contribution in [0.25, 0.3) is 11.3 Å². The second-order valence-corrected chi connectivity index (χ2v) is 8.18. The Morgan fingerprint density at radius 2 is 1.81 bits per heavy atom. The molecule has 0 aliphatic carbocycles. The van der Waals surface area contributed by atoms with E-state index in [4.69, 9.17) is 39.9 Å². The van der Waals surface area contributed by atoms with Gasteiger partial charge in [-0.15, -0.1) is 0 Å². The summed E-state index contributed by atoms with van der Waals surface area (Å²) in [4.78, 5) is 21.6. The standard InChI is InChI=1S/C21H19Cl2N5O2S/c1-13-17(19(26-30-13)18-14(22)5-4-6-15(18)23)20(29)25-21(31)28-11-9-27(10-12-28)16-7-2-3-8-24-16/h2-8H,9-12H2,1H3,(H,25,29,31). The normalized spacial score (nSPS) is 13.9. The topological polar surface area (TPSA) is 74.5 Å². The molecule has 1 aliphatic rings. The highest BCUT2D eigenvalue weighted by atomic mass is 35.5. The summed E-state index contributed by atoms with van der Waals surface area (Å²) in [6.45, 7) is 4.49. The molecule has 3 aromatic rings. The van der Waals surface area contributed by atoms with Gasteiger partial charge in [0.2, 0.25) is 0 Å². The molecule has 0 unspecified atom stereocenters. The second kappa shape index (κ2) is 9.21. The molecule has 4 rings (SSSR count). The smallest absolute Gasteiger partial charge is 0.263 e. The van der Waals surface area contributed by atoms with E-state index in [2.05, 4.69) is 20.4 Å². The Morgan fingerprint density at radius 1 is 1.10 bits per heavy atom. The number of anilines is 1. The number of benzene rings is 1. The van der Waals surface area contributed by atoms with Gasteiger partial charge in [0.15, 0.2) is 5.11 Å². The number of carbonyl (C=O) groups excluding carboxylic acids is 1. The van der Waals surface area contributed by atoms with Crippen molar-refractivity contribution in [1.29, 1.82) is 0 Å². The number of amides is 1. The third-order valence-electron chi connectivity index (χ3n) is 5.05. The van der Waals surface area contributed by atoms with E-state index in [1.54, 1.807) is 31.3 Å². The second-order valence-electron chi connectivity index (χ2n) is 6.98. The van der Waals surface area contributed by atoms with Gasteiger partial charge in [0.25, 0.3) is 5.91 Å². The van der Waals surface area contributed by atoms with Crippen LogP contribution >= 0.6 is 35.4 Å². The van der Waals surface area contributed by atoms with E-state index in [9.17, 15) is 4.79 Å². The number of nitrogens with zero attached hydrogens (tertiary/aromatic N) is 4. The van der Waals surface area contributed by atoms with Gasteiger partial charge in [-0.1, -0.05) is 40.5 Å². The fourth-order valence-corrected chi connectivity index (χ4v) is 4.30. The van der Waals surface area contributed by atoms with Crippen molar-refractivity contribution in [2.24, 2.45) is 0 Å². The first-order valence-corrected chi connectivity index (χ1v) is 10.8. The maximum atomic E-state index is 13.1. The summed E-state index contributed by atoms with van der Waals surface area (Å²) in [6, 6.07) is 10.9. The molecule has 1 aromatic carbocycles. The first kappa shape index (κ1) is 21.5. The van der Waals surface area contributed by atoms with Gasteiger partial charge in [-0.3, -0.25) is 10.1 Å². The predicted molar refractivity (Wildman–Crippen MR) is 125 cm³/mol. The van der Waals surface area contributed by atoms with Crippen molar-refractivity contribution in [3.63, 3.8) is 0 Å². The van der Waals surface area contributed by atoms with E-state index in [-0.39, 0.29) is 11.3 Å². The van der Waals surface area contributed by atoms with Crippen LogP contribution in [0.4, 0.5) is 5.82 Å². The first-order valence-electron chi connectivity index (χ1n) is 9.62. The molecule has 7 nitrogen and oxygen atoms in total. The van der Waals surface area contributed by atoms with Crippen LogP contribution in [-0.4, -0.2) is 52.2 Å². The molecular weight excluding hydrogens is 457 g/mol. The predicted octanol–water partition coefficient (Wildman–Crippen LogP) is 4.19. The number of halogens is 2. The monoisotopic (exact) mass is 475 g/mol. The van der Waals surface area contributed by atoms with E-state index in [1.165, 1.54) is 0 Å². The van der Waals surface area contributed by atoms with Crippen LogP contribution in [0.2, 0.25) is 10.0 Å². The minimum atomic E-state index is -0.415.